The summed E-state index contributed by atoms with van der Waals surface area (Å²) in [4.78, 5) is 17.1. The molecule has 1 saturated heterocycles. The first-order valence-electron chi connectivity index (χ1n) is 9.94. The maximum atomic E-state index is 13.2. The van der Waals surface area contributed by atoms with E-state index in [1.807, 2.05) is 50.2 Å². The molecule has 0 spiro atoms. The van der Waals surface area contributed by atoms with Crippen LogP contribution >= 0.6 is 11.6 Å². The van der Waals surface area contributed by atoms with Crippen LogP contribution < -0.4 is 9.21 Å². The van der Waals surface area contributed by atoms with Crippen molar-refractivity contribution in [1.82, 2.24) is 4.90 Å². The zero-order valence-electron chi connectivity index (χ0n) is 17.8. The van der Waals surface area contributed by atoms with Crippen LogP contribution in [-0.2, 0) is 14.8 Å². The first kappa shape index (κ1) is 22.4. The van der Waals surface area contributed by atoms with Gasteiger partial charge in [0.15, 0.2) is 0 Å². The number of carbonyl (C=O) groups is 1. The average Bonchev–Trinajstić information content (AvgIpc) is 2.69. The number of rotatable bonds is 5. The summed E-state index contributed by atoms with van der Waals surface area (Å²) in [5.74, 6) is -0.190. The molecule has 0 bridgehead atoms. The van der Waals surface area contributed by atoms with Crippen LogP contribution in [0, 0.1) is 13.8 Å². The van der Waals surface area contributed by atoms with E-state index in [9.17, 15) is 13.2 Å². The number of hydrogen-bond acceptors (Lipinski definition) is 4. The fraction of sp³-hybridized carbons (Fsp3) is 0.409. The lowest BCUT2D eigenvalue weighted by Gasteiger charge is -2.39. The molecule has 0 N–H and O–H groups in total. The van der Waals surface area contributed by atoms with Crippen molar-refractivity contribution in [2.75, 3.05) is 41.6 Å². The van der Waals surface area contributed by atoms with Gasteiger partial charge in [-0.25, -0.2) is 8.42 Å². The molecule has 0 aliphatic carbocycles. The number of carbonyl (C=O) groups excluding carboxylic acids is 1. The molecule has 2 aromatic carbocycles. The van der Waals surface area contributed by atoms with Crippen LogP contribution in [-0.4, -0.2) is 57.7 Å². The number of nitrogens with zero attached hydrogens (tertiary/aromatic N) is 3. The van der Waals surface area contributed by atoms with Gasteiger partial charge in [-0.15, -0.1) is 0 Å². The molecule has 3 rings (SSSR count). The van der Waals surface area contributed by atoms with Gasteiger partial charge in [0.05, 0.1) is 11.9 Å². The lowest BCUT2D eigenvalue weighted by molar-refractivity contribution is -0.132. The van der Waals surface area contributed by atoms with Crippen LogP contribution in [0.3, 0.4) is 0 Å². The third-order valence-corrected chi connectivity index (χ3v) is 7.05. The van der Waals surface area contributed by atoms with Gasteiger partial charge in [-0.05, 0) is 62.2 Å². The number of piperazine rings is 1. The van der Waals surface area contributed by atoms with Gasteiger partial charge >= 0.3 is 0 Å². The summed E-state index contributed by atoms with van der Waals surface area (Å²) in [5, 5.41) is 0.678. The molecule has 1 aliphatic rings. The highest BCUT2D eigenvalue weighted by molar-refractivity contribution is 7.92. The summed E-state index contributed by atoms with van der Waals surface area (Å²) >= 11 is 6.09. The molecule has 8 heteroatoms. The summed E-state index contributed by atoms with van der Waals surface area (Å²) in [6.07, 6.45) is 1.14. The van der Waals surface area contributed by atoms with E-state index >= 15 is 0 Å². The topological polar surface area (TPSA) is 60.9 Å². The predicted octanol–water partition coefficient (Wildman–Crippen LogP) is 3.46. The maximum Gasteiger partial charge on any atom is 0.246 e. The number of amides is 1. The predicted molar refractivity (Wildman–Crippen MR) is 123 cm³/mol. The van der Waals surface area contributed by atoms with Crippen molar-refractivity contribution >= 4 is 38.9 Å². The van der Waals surface area contributed by atoms with Gasteiger partial charge in [0, 0.05) is 36.9 Å². The largest absolute Gasteiger partial charge is 0.368 e. The fourth-order valence-corrected chi connectivity index (χ4v) is 5.13. The lowest BCUT2D eigenvalue weighted by atomic mass is 10.1. The quantitative estimate of drug-likeness (QED) is 0.701. The van der Waals surface area contributed by atoms with Crippen LogP contribution in [0.4, 0.5) is 11.4 Å². The lowest BCUT2D eigenvalue weighted by Crippen LogP contribution is -2.55. The molecule has 1 aliphatic heterocycles. The minimum absolute atomic E-state index is 0.190. The Labute approximate surface area is 184 Å². The highest BCUT2D eigenvalue weighted by Crippen LogP contribution is 2.25. The van der Waals surface area contributed by atoms with Gasteiger partial charge in [0.1, 0.15) is 6.04 Å². The van der Waals surface area contributed by atoms with Crippen molar-refractivity contribution in [3.63, 3.8) is 0 Å². The molecule has 1 fully saturated rings. The van der Waals surface area contributed by atoms with E-state index in [1.54, 1.807) is 17.9 Å². The van der Waals surface area contributed by atoms with E-state index < -0.39 is 16.1 Å². The molecule has 1 amide bonds. The fourth-order valence-electron chi connectivity index (χ4n) is 3.79. The first-order valence-corrected chi connectivity index (χ1v) is 12.2. The molecule has 2 aromatic rings. The second kappa shape index (κ2) is 8.86. The van der Waals surface area contributed by atoms with Gasteiger partial charge in [-0.3, -0.25) is 9.10 Å². The van der Waals surface area contributed by atoms with Crippen LogP contribution in [0.1, 0.15) is 18.1 Å². The minimum Gasteiger partial charge on any atom is -0.368 e. The highest BCUT2D eigenvalue weighted by atomic mass is 35.5. The van der Waals surface area contributed by atoms with E-state index in [1.165, 1.54) is 4.31 Å². The molecule has 30 heavy (non-hydrogen) atoms. The van der Waals surface area contributed by atoms with E-state index in [4.69, 9.17) is 11.6 Å². The van der Waals surface area contributed by atoms with E-state index in [0.717, 1.165) is 23.1 Å². The molecule has 1 atom stereocenters. The van der Waals surface area contributed by atoms with Crippen molar-refractivity contribution in [3.05, 3.63) is 58.6 Å². The monoisotopic (exact) mass is 449 g/mol. The van der Waals surface area contributed by atoms with Crippen LogP contribution in [0.2, 0.25) is 5.02 Å². The number of halogens is 1. The molecular weight excluding hydrogens is 422 g/mol. The van der Waals surface area contributed by atoms with Crippen molar-refractivity contribution in [2.24, 2.45) is 0 Å². The van der Waals surface area contributed by atoms with Crippen LogP contribution in [0.25, 0.3) is 0 Å². The van der Waals surface area contributed by atoms with Crippen molar-refractivity contribution in [2.45, 2.75) is 26.8 Å². The summed E-state index contributed by atoms with van der Waals surface area (Å²) in [6.45, 7) is 7.95. The van der Waals surface area contributed by atoms with Gasteiger partial charge in [-0.2, -0.15) is 0 Å². The molecule has 6 nitrogen and oxygen atoms in total. The first-order chi connectivity index (χ1) is 14.1. The van der Waals surface area contributed by atoms with E-state index in [-0.39, 0.29) is 5.91 Å². The Balaban J connectivity index is 1.75. The number of benzene rings is 2. The molecule has 0 saturated carbocycles. The molecule has 0 unspecified atom stereocenters. The third-order valence-electron chi connectivity index (χ3n) is 5.58. The zero-order valence-corrected chi connectivity index (χ0v) is 19.4. The average molecular weight is 450 g/mol. The molecule has 0 aromatic heterocycles. The Morgan fingerprint density at radius 3 is 2.27 bits per heavy atom. The Morgan fingerprint density at radius 1 is 1.03 bits per heavy atom. The molecule has 162 valence electrons. The number of sulfonamides is 1. The van der Waals surface area contributed by atoms with Crippen LogP contribution in [0.15, 0.2) is 42.5 Å². The molecular formula is C22H28ClN3O3S. The number of aryl methyl sites for hydroxylation is 2. The van der Waals surface area contributed by atoms with Crippen molar-refractivity contribution in [1.29, 1.82) is 0 Å². The van der Waals surface area contributed by atoms with Gasteiger partial charge in [0.25, 0.3) is 0 Å². The summed E-state index contributed by atoms with van der Waals surface area (Å²) in [7, 11) is -3.63. The van der Waals surface area contributed by atoms with Crippen LogP contribution in [0.5, 0.6) is 0 Å². The molecule has 0 radical (unpaired) electrons. The Hall–Kier alpha value is -2.25. The second-order valence-corrected chi connectivity index (χ2v) is 10.1. The van der Waals surface area contributed by atoms with Gasteiger partial charge in [-0.1, -0.05) is 23.7 Å². The third kappa shape index (κ3) is 4.90. The Morgan fingerprint density at radius 2 is 1.70 bits per heavy atom. The van der Waals surface area contributed by atoms with Gasteiger partial charge < -0.3 is 9.80 Å². The summed E-state index contributed by atoms with van der Waals surface area (Å²) in [5.41, 5.74) is 3.59. The number of anilines is 2. The molecule has 1 heterocycles. The van der Waals surface area contributed by atoms with Crippen molar-refractivity contribution in [3.8, 4) is 0 Å². The zero-order chi connectivity index (χ0) is 22.1. The Bertz CT molecular complexity index is 1030. The van der Waals surface area contributed by atoms with Crippen molar-refractivity contribution < 1.29 is 13.2 Å². The summed E-state index contributed by atoms with van der Waals surface area (Å²) < 4.78 is 26.3. The SMILES string of the molecule is Cc1ccc(N([C@H](C)C(=O)N2CCN(c3cccc(Cl)c3)CC2)S(C)(=O)=O)cc1C. The maximum absolute atomic E-state index is 13.2. The Kier molecular flexibility index (Phi) is 6.62. The van der Waals surface area contributed by atoms with E-state index in [0.29, 0.717) is 36.9 Å². The normalized spacial score (nSPS) is 15.8. The second-order valence-electron chi connectivity index (χ2n) is 7.80. The highest BCUT2D eigenvalue weighted by Gasteiger charge is 2.33. The summed E-state index contributed by atoms with van der Waals surface area (Å²) in [6, 6.07) is 12.3. The van der Waals surface area contributed by atoms with Gasteiger partial charge in [0.2, 0.25) is 15.9 Å². The minimum atomic E-state index is -3.63. The van der Waals surface area contributed by atoms with E-state index in [2.05, 4.69) is 4.90 Å². The smallest absolute Gasteiger partial charge is 0.246 e. The number of hydrogen-bond donors (Lipinski definition) is 0. The standard InChI is InChI=1S/C22H28ClN3O3S/c1-16-8-9-21(14-17(16)2)26(30(4,28)29)18(3)22(27)25-12-10-24(11-13-25)20-7-5-6-19(23)15-20/h5-9,14-15,18H,10-13H2,1-4H3/t18-/m1/s1.